The van der Waals surface area contributed by atoms with E-state index < -0.39 is 0 Å². The Morgan fingerprint density at radius 1 is 1.29 bits per heavy atom. The number of nitrogens with zero attached hydrogens (tertiary/aromatic N) is 2. The van der Waals surface area contributed by atoms with Crippen LogP contribution in [-0.4, -0.2) is 14.7 Å². The van der Waals surface area contributed by atoms with Gasteiger partial charge in [-0.1, -0.05) is 42.8 Å². The van der Waals surface area contributed by atoms with Gasteiger partial charge in [0.1, 0.15) is 16.7 Å². The van der Waals surface area contributed by atoms with Crippen molar-refractivity contribution in [3.8, 4) is 11.4 Å². The van der Waals surface area contributed by atoms with Gasteiger partial charge in [0, 0.05) is 12.6 Å². The van der Waals surface area contributed by atoms with Crippen LogP contribution in [0.15, 0.2) is 24.3 Å². The zero-order chi connectivity index (χ0) is 12.4. The molecule has 2 rings (SSSR count). The van der Waals surface area contributed by atoms with Crippen molar-refractivity contribution in [2.75, 3.05) is 0 Å². The zero-order valence-corrected chi connectivity index (χ0v) is 10.7. The molecule has 0 unspecified atom stereocenters. The Labute approximate surface area is 106 Å². The smallest absolute Gasteiger partial charge is 0.141 e. The lowest BCUT2D eigenvalue weighted by atomic mass is 10.1. The number of aliphatic hydroxyl groups is 1. The molecule has 1 aromatic heterocycles. The van der Waals surface area contributed by atoms with Crippen LogP contribution in [0.1, 0.15) is 18.2 Å². The monoisotopic (exact) mass is 250 g/mol. The molecule has 0 aliphatic rings. The fourth-order valence-electron chi connectivity index (χ4n) is 1.78. The van der Waals surface area contributed by atoms with Crippen molar-refractivity contribution in [2.45, 2.75) is 20.0 Å². The van der Waals surface area contributed by atoms with Gasteiger partial charge in [-0.2, -0.15) is 0 Å². The first-order valence-corrected chi connectivity index (χ1v) is 5.96. The Hall–Kier alpha value is -1.32. The number of aryl methyl sites for hydroxylation is 1. The third kappa shape index (κ3) is 2.21. The number of benzene rings is 1. The Morgan fingerprint density at radius 2 is 1.94 bits per heavy atom. The third-order valence-corrected chi connectivity index (χ3v) is 3.33. The summed E-state index contributed by atoms with van der Waals surface area (Å²) < 4.78 is 1.79. The number of halogens is 1. The molecule has 1 N–H and O–H groups in total. The van der Waals surface area contributed by atoms with Gasteiger partial charge in [-0.15, -0.1) is 0 Å². The summed E-state index contributed by atoms with van der Waals surface area (Å²) in [7, 11) is 1.84. The summed E-state index contributed by atoms with van der Waals surface area (Å²) in [4.78, 5) is 4.33. The molecule has 2 aromatic rings. The van der Waals surface area contributed by atoms with E-state index in [1.165, 1.54) is 5.56 Å². The van der Waals surface area contributed by atoms with Crippen LogP contribution in [0.5, 0.6) is 0 Å². The van der Waals surface area contributed by atoms with Crippen LogP contribution in [0.3, 0.4) is 0 Å². The minimum absolute atomic E-state index is 0.139. The fraction of sp³-hybridized carbons (Fsp3) is 0.308. The van der Waals surface area contributed by atoms with Crippen molar-refractivity contribution in [1.82, 2.24) is 9.55 Å². The van der Waals surface area contributed by atoms with Gasteiger partial charge in [-0.25, -0.2) is 4.98 Å². The maximum absolute atomic E-state index is 9.13. The van der Waals surface area contributed by atoms with Crippen molar-refractivity contribution in [2.24, 2.45) is 7.05 Å². The highest BCUT2D eigenvalue weighted by atomic mass is 35.5. The minimum Gasteiger partial charge on any atom is -0.390 e. The molecule has 17 heavy (non-hydrogen) atoms. The SMILES string of the molecule is CCc1ccc(-c2nc(CO)c(Cl)n2C)cc1. The Kier molecular flexibility index (Phi) is 3.50. The summed E-state index contributed by atoms with van der Waals surface area (Å²) in [6.45, 7) is 1.98. The maximum atomic E-state index is 9.13. The first-order chi connectivity index (χ1) is 8.17. The number of hydrogen-bond acceptors (Lipinski definition) is 2. The second-order valence-corrected chi connectivity index (χ2v) is 4.30. The van der Waals surface area contributed by atoms with Gasteiger partial charge in [-0.05, 0) is 12.0 Å². The molecule has 0 radical (unpaired) electrons. The van der Waals surface area contributed by atoms with Gasteiger partial charge >= 0.3 is 0 Å². The standard InChI is InChI=1S/C13H15ClN2O/c1-3-9-4-6-10(7-5-9)13-15-11(8-17)12(14)16(13)2/h4-7,17H,3,8H2,1-2H3. The van der Waals surface area contributed by atoms with Crippen LogP contribution in [0, 0.1) is 0 Å². The summed E-state index contributed by atoms with van der Waals surface area (Å²) in [5, 5.41) is 9.61. The van der Waals surface area contributed by atoms with Gasteiger partial charge in [0.25, 0.3) is 0 Å². The molecule has 0 bridgehead atoms. The van der Waals surface area contributed by atoms with Crippen LogP contribution in [0.4, 0.5) is 0 Å². The van der Waals surface area contributed by atoms with Crippen molar-refractivity contribution in [3.63, 3.8) is 0 Å². The number of imidazole rings is 1. The molecule has 0 fully saturated rings. The number of aliphatic hydroxyl groups excluding tert-OH is 1. The van der Waals surface area contributed by atoms with Crippen molar-refractivity contribution in [3.05, 3.63) is 40.7 Å². The second-order valence-electron chi connectivity index (χ2n) is 3.94. The molecule has 3 nitrogen and oxygen atoms in total. The molecule has 0 amide bonds. The molecule has 0 aliphatic heterocycles. The van der Waals surface area contributed by atoms with E-state index in [1.807, 2.05) is 19.2 Å². The second kappa shape index (κ2) is 4.90. The van der Waals surface area contributed by atoms with E-state index >= 15 is 0 Å². The summed E-state index contributed by atoms with van der Waals surface area (Å²) in [6.07, 6.45) is 1.02. The lowest BCUT2D eigenvalue weighted by molar-refractivity contribution is 0.277. The highest BCUT2D eigenvalue weighted by molar-refractivity contribution is 6.30. The molecular weight excluding hydrogens is 236 g/mol. The Morgan fingerprint density at radius 3 is 2.41 bits per heavy atom. The van der Waals surface area contributed by atoms with E-state index in [4.69, 9.17) is 16.7 Å². The number of hydrogen-bond donors (Lipinski definition) is 1. The lowest BCUT2D eigenvalue weighted by Crippen LogP contribution is -1.92. The van der Waals surface area contributed by atoms with Crippen molar-refractivity contribution < 1.29 is 5.11 Å². The predicted molar refractivity (Wildman–Crippen MR) is 69.0 cm³/mol. The fourth-order valence-corrected chi connectivity index (χ4v) is 1.97. The molecular formula is C13H15ClN2O. The van der Waals surface area contributed by atoms with Gasteiger partial charge in [0.05, 0.1) is 6.61 Å². The quantitative estimate of drug-likeness (QED) is 0.910. The van der Waals surface area contributed by atoms with Gasteiger partial charge in [-0.3, -0.25) is 0 Å². The molecule has 0 spiro atoms. The minimum atomic E-state index is -0.139. The Bertz CT molecular complexity index is 517. The maximum Gasteiger partial charge on any atom is 0.141 e. The van der Waals surface area contributed by atoms with Crippen molar-refractivity contribution >= 4 is 11.6 Å². The van der Waals surface area contributed by atoms with Gasteiger partial charge in [0.15, 0.2) is 0 Å². The molecule has 0 aliphatic carbocycles. The molecule has 0 saturated carbocycles. The van der Waals surface area contributed by atoms with E-state index in [1.54, 1.807) is 4.57 Å². The first kappa shape index (κ1) is 12.1. The third-order valence-electron chi connectivity index (χ3n) is 2.86. The van der Waals surface area contributed by atoms with E-state index in [2.05, 4.69) is 24.0 Å². The Balaban J connectivity index is 2.45. The molecule has 1 heterocycles. The van der Waals surface area contributed by atoms with E-state index in [-0.39, 0.29) is 6.61 Å². The van der Waals surface area contributed by atoms with Gasteiger partial charge < -0.3 is 9.67 Å². The topological polar surface area (TPSA) is 38.1 Å². The largest absolute Gasteiger partial charge is 0.390 e. The van der Waals surface area contributed by atoms with Crippen molar-refractivity contribution in [1.29, 1.82) is 0 Å². The zero-order valence-electron chi connectivity index (χ0n) is 9.94. The highest BCUT2D eigenvalue weighted by Crippen LogP contribution is 2.25. The van der Waals surface area contributed by atoms with E-state index in [0.29, 0.717) is 10.8 Å². The van der Waals surface area contributed by atoms with E-state index in [9.17, 15) is 0 Å². The molecule has 0 saturated heterocycles. The normalized spacial score (nSPS) is 10.8. The van der Waals surface area contributed by atoms with Crippen LogP contribution >= 0.6 is 11.6 Å². The summed E-state index contributed by atoms with van der Waals surface area (Å²) in [5.41, 5.74) is 2.81. The average Bonchev–Trinajstić information content (AvgIpc) is 2.66. The molecule has 90 valence electrons. The summed E-state index contributed by atoms with van der Waals surface area (Å²) >= 11 is 6.06. The first-order valence-electron chi connectivity index (χ1n) is 5.58. The van der Waals surface area contributed by atoms with Gasteiger partial charge in [0.2, 0.25) is 0 Å². The van der Waals surface area contributed by atoms with Crippen LogP contribution in [0.2, 0.25) is 5.15 Å². The molecule has 4 heteroatoms. The van der Waals surface area contributed by atoms with E-state index in [0.717, 1.165) is 17.8 Å². The summed E-state index contributed by atoms with van der Waals surface area (Å²) in [5.74, 6) is 0.779. The predicted octanol–water partition coefficient (Wildman–Crippen LogP) is 2.80. The number of aromatic nitrogens is 2. The number of rotatable bonds is 3. The van der Waals surface area contributed by atoms with Crippen LogP contribution < -0.4 is 0 Å². The van der Waals surface area contributed by atoms with Crippen LogP contribution in [-0.2, 0) is 20.1 Å². The average molecular weight is 251 g/mol. The van der Waals surface area contributed by atoms with Crippen LogP contribution in [0.25, 0.3) is 11.4 Å². The summed E-state index contributed by atoms with van der Waals surface area (Å²) in [6, 6.07) is 8.21. The molecule has 0 atom stereocenters. The highest BCUT2D eigenvalue weighted by Gasteiger charge is 2.13. The molecule has 1 aromatic carbocycles. The lowest BCUT2D eigenvalue weighted by Gasteiger charge is -2.03.